The Morgan fingerprint density at radius 2 is 1.00 bits per heavy atom. The lowest BCUT2D eigenvalue weighted by molar-refractivity contribution is -0.836. The molecular formula is C5H14BrN. The first-order valence-electron chi connectivity index (χ1n) is 2.00. The molecule has 0 aliphatic heterocycles. The summed E-state index contributed by atoms with van der Waals surface area (Å²) >= 11 is 0. The topological polar surface area (TPSA) is 4.44 Å². The molecule has 0 saturated carbocycles. The molecule has 0 heterocycles. The first-order chi connectivity index (χ1) is 2.73. The highest BCUT2D eigenvalue weighted by Gasteiger charge is 1.61. The van der Waals surface area contributed by atoms with Gasteiger partial charge in [0.1, 0.15) is 0 Å². The molecule has 2 heteroatoms. The maximum atomic E-state index is 3.00. The van der Waals surface area contributed by atoms with Crippen LogP contribution in [-0.2, 0) is 0 Å². The van der Waals surface area contributed by atoms with Crippen LogP contribution in [0.1, 0.15) is 0 Å². The molecule has 0 spiro atoms. The molecule has 0 aromatic rings. The maximum absolute atomic E-state index is 3.00. The Bertz CT molecular complexity index is 19.3. The summed E-state index contributed by atoms with van der Waals surface area (Å²) in [6.45, 7) is 6.00. The van der Waals surface area contributed by atoms with Gasteiger partial charge in [-0.05, 0) is 0 Å². The fourth-order valence-electron chi connectivity index (χ4n) is 0. The van der Waals surface area contributed by atoms with Gasteiger partial charge in [-0.2, -0.15) is 0 Å². The third kappa shape index (κ3) is 3330. The van der Waals surface area contributed by atoms with Gasteiger partial charge in [-0.3, -0.25) is 0 Å². The highest BCUT2D eigenvalue weighted by atomic mass is 79.9. The molecule has 0 amide bonds. The molecule has 0 radical (unpaired) electrons. The van der Waals surface area contributed by atoms with Crippen molar-refractivity contribution < 1.29 is 21.9 Å². The van der Waals surface area contributed by atoms with E-state index in [0.29, 0.717) is 0 Å². The molecule has 0 atom stereocenters. The molecule has 0 aromatic heterocycles. The van der Waals surface area contributed by atoms with Crippen LogP contribution in [0.15, 0.2) is 13.2 Å². The number of quaternary nitrogens is 1. The van der Waals surface area contributed by atoms with Crippen molar-refractivity contribution in [1.29, 1.82) is 0 Å². The van der Waals surface area contributed by atoms with Crippen molar-refractivity contribution in [2.45, 2.75) is 0 Å². The normalized spacial score (nSPS) is 5.71. The minimum atomic E-state index is 0. The van der Waals surface area contributed by atoms with Crippen LogP contribution in [0.2, 0.25) is 0 Å². The Labute approximate surface area is 56.8 Å². The summed E-state index contributed by atoms with van der Waals surface area (Å²) < 4.78 is 0. The zero-order valence-electron chi connectivity index (χ0n) is 5.29. The van der Waals surface area contributed by atoms with Crippen molar-refractivity contribution in [3.63, 3.8) is 0 Å². The molecule has 1 nitrogen and oxygen atoms in total. The Balaban J connectivity index is -0.0000000480. The van der Waals surface area contributed by atoms with Gasteiger partial charge in [0.15, 0.2) is 0 Å². The van der Waals surface area contributed by atoms with Crippen LogP contribution in [0.25, 0.3) is 0 Å². The van der Waals surface area contributed by atoms with Gasteiger partial charge < -0.3 is 21.9 Å². The van der Waals surface area contributed by atoms with Crippen LogP contribution in [0.3, 0.4) is 0 Å². The average molecular weight is 168 g/mol. The summed E-state index contributed by atoms with van der Waals surface area (Å²) in [6.07, 6.45) is 0. The van der Waals surface area contributed by atoms with E-state index in [2.05, 4.69) is 34.3 Å². The molecule has 0 aromatic carbocycles. The van der Waals surface area contributed by atoms with E-state index >= 15 is 0 Å². The average Bonchev–Trinajstić information content (AvgIpc) is 1.41. The van der Waals surface area contributed by atoms with Crippen LogP contribution in [0.4, 0.5) is 0 Å². The Morgan fingerprint density at radius 1 is 1.00 bits per heavy atom. The molecule has 7 heavy (non-hydrogen) atoms. The molecular weight excluding hydrogens is 154 g/mol. The lowest BCUT2D eigenvalue weighted by atomic mass is 11.0. The fraction of sp³-hybridized carbons (Fsp3) is 0.600. The summed E-state index contributed by atoms with van der Waals surface area (Å²) in [5, 5.41) is 0. The van der Waals surface area contributed by atoms with E-state index in [0.717, 1.165) is 0 Å². The highest BCUT2D eigenvalue weighted by Crippen LogP contribution is 0.866. The number of halogens is 1. The molecule has 46 valence electrons. The van der Waals surface area contributed by atoms with Crippen LogP contribution < -0.4 is 21.9 Å². The molecule has 0 saturated heterocycles. The first kappa shape index (κ1) is 15.7. The van der Waals surface area contributed by atoms with Gasteiger partial charge in [0, 0.05) is 0 Å². The van der Waals surface area contributed by atoms with Crippen molar-refractivity contribution in [3.8, 4) is 0 Å². The van der Waals surface area contributed by atoms with Gasteiger partial charge in [-0.1, -0.05) is 0 Å². The second kappa shape index (κ2) is 16.4. The standard InChI is InChI=1S/C3H9N.C2H4.BrH/c1-4(2)3;1-2;/h1-3H3;1-2H2;1H. The Morgan fingerprint density at radius 3 is 1.00 bits per heavy atom. The van der Waals surface area contributed by atoms with Gasteiger partial charge in [0.2, 0.25) is 0 Å². The maximum Gasteiger partial charge on any atom is 0.0661 e. The number of rotatable bonds is 0. The molecule has 0 aliphatic rings. The zero-order valence-corrected chi connectivity index (χ0v) is 6.88. The molecule has 0 unspecified atom stereocenters. The molecule has 0 aliphatic carbocycles. The van der Waals surface area contributed by atoms with Crippen LogP contribution in [0, 0.1) is 0 Å². The summed E-state index contributed by atoms with van der Waals surface area (Å²) in [5.74, 6) is 0. The SMILES string of the molecule is C=C.C[NH+](C)C.[Br-]. The summed E-state index contributed by atoms with van der Waals surface area (Å²) in [4.78, 5) is 1.42. The number of hydrogen-bond acceptors (Lipinski definition) is 0. The Kier molecular flexibility index (Phi) is 36.8. The molecule has 0 bridgehead atoms. The third-order valence-electron chi connectivity index (χ3n) is 0. The second-order valence-corrected chi connectivity index (χ2v) is 1.50. The third-order valence-corrected chi connectivity index (χ3v) is 0. The summed E-state index contributed by atoms with van der Waals surface area (Å²) in [6, 6.07) is 0. The predicted molar refractivity (Wildman–Crippen MR) is 30.0 cm³/mol. The summed E-state index contributed by atoms with van der Waals surface area (Å²) in [7, 11) is 6.25. The molecule has 1 N–H and O–H groups in total. The quantitative estimate of drug-likeness (QED) is 0.359. The number of hydrogen-bond donors (Lipinski definition) is 1. The van der Waals surface area contributed by atoms with Crippen LogP contribution >= 0.6 is 0 Å². The van der Waals surface area contributed by atoms with Crippen molar-refractivity contribution in [1.82, 2.24) is 0 Å². The van der Waals surface area contributed by atoms with E-state index < -0.39 is 0 Å². The van der Waals surface area contributed by atoms with E-state index in [1.807, 2.05) is 0 Å². The largest absolute Gasteiger partial charge is 1.00 e. The van der Waals surface area contributed by atoms with Crippen LogP contribution in [-0.4, -0.2) is 21.1 Å². The minimum absolute atomic E-state index is 0. The van der Waals surface area contributed by atoms with E-state index in [4.69, 9.17) is 0 Å². The second-order valence-electron chi connectivity index (χ2n) is 1.50. The minimum Gasteiger partial charge on any atom is -1.00 e. The van der Waals surface area contributed by atoms with Gasteiger partial charge >= 0.3 is 0 Å². The van der Waals surface area contributed by atoms with Gasteiger partial charge in [-0.15, -0.1) is 13.2 Å². The van der Waals surface area contributed by atoms with E-state index in [9.17, 15) is 0 Å². The van der Waals surface area contributed by atoms with E-state index in [1.165, 1.54) is 4.90 Å². The zero-order chi connectivity index (χ0) is 5.58. The van der Waals surface area contributed by atoms with Crippen molar-refractivity contribution in [2.75, 3.05) is 21.1 Å². The lowest BCUT2D eigenvalue weighted by Crippen LogP contribution is -3.02. The highest BCUT2D eigenvalue weighted by molar-refractivity contribution is 4.22. The van der Waals surface area contributed by atoms with Crippen molar-refractivity contribution in [3.05, 3.63) is 13.2 Å². The molecule has 0 fully saturated rings. The first-order valence-corrected chi connectivity index (χ1v) is 2.00. The van der Waals surface area contributed by atoms with Gasteiger partial charge in [0.05, 0.1) is 21.1 Å². The fourth-order valence-corrected chi connectivity index (χ4v) is 0. The summed E-state index contributed by atoms with van der Waals surface area (Å²) in [5.41, 5.74) is 0. The predicted octanol–water partition coefficient (Wildman–Crippen LogP) is -3.43. The number of nitrogens with one attached hydrogen (secondary N) is 1. The van der Waals surface area contributed by atoms with Crippen molar-refractivity contribution >= 4 is 0 Å². The smallest absolute Gasteiger partial charge is 0.0661 e. The van der Waals surface area contributed by atoms with E-state index in [-0.39, 0.29) is 17.0 Å². The van der Waals surface area contributed by atoms with E-state index in [1.54, 1.807) is 0 Å². The van der Waals surface area contributed by atoms with Gasteiger partial charge in [-0.25, -0.2) is 0 Å². The van der Waals surface area contributed by atoms with Crippen LogP contribution in [0.5, 0.6) is 0 Å². The molecule has 0 rings (SSSR count). The van der Waals surface area contributed by atoms with Crippen molar-refractivity contribution in [2.24, 2.45) is 0 Å². The Hall–Kier alpha value is 0.180. The van der Waals surface area contributed by atoms with Gasteiger partial charge in [0.25, 0.3) is 0 Å². The lowest BCUT2D eigenvalue weighted by Gasteiger charge is -1.88. The monoisotopic (exact) mass is 167 g/mol.